The molecule has 0 aromatic rings. The van der Waals surface area contributed by atoms with Crippen molar-refractivity contribution in [1.29, 1.82) is 0 Å². The molecule has 0 radical (unpaired) electrons. The van der Waals surface area contributed by atoms with E-state index >= 15 is 0 Å². The second kappa shape index (κ2) is 4.85. The van der Waals surface area contributed by atoms with Crippen molar-refractivity contribution in [1.82, 2.24) is 4.90 Å². The average molecular weight is 189 g/mol. The smallest absolute Gasteiger partial charge is 0.0201 e. The number of hydrogen-bond donors (Lipinski definition) is 1. The average Bonchev–Trinajstić information content (AvgIpc) is 2.09. The molecule has 0 bridgehead atoms. The minimum atomic E-state index is 0.418. The molecule has 1 heterocycles. The highest BCUT2D eigenvalue weighted by Gasteiger charge is 2.15. The van der Waals surface area contributed by atoms with Gasteiger partial charge in [-0.2, -0.15) is 0 Å². The molecule has 1 aliphatic heterocycles. The summed E-state index contributed by atoms with van der Waals surface area (Å²) in [7, 11) is 0. The molecule has 0 unspecified atom stereocenters. The molecule has 0 aliphatic carbocycles. The number of nitrogens with zero attached hydrogens (tertiary/aromatic N) is 1. The highest BCUT2D eigenvalue weighted by Crippen LogP contribution is 2.10. The zero-order valence-corrected chi connectivity index (χ0v) is 8.35. The Balaban J connectivity index is 2.26. The van der Waals surface area contributed by atoms with Crippen LogP contribution in [0.4, 0.5) is 0 Å². The van der Waals surface area contributed by atoms with Gasteiger partial charge in [0.1, 0.15) is 0 Å². The lowest BCUT2D eigenvalue weighted by Crippen LogP contribution is -2.40. The van der Waals surface area contributed by atoms with Crippen molar-refractivity contribution in [2.45, 2.75) is 25.8 Å². The maximum absolute atomic E-state index is 5.79. The highest BCUT2D eigenvalue weighted by molar-refractivity contribution is 6.25. The van der Waals surface area contributed by atoms with Gasteiger partial charge in [-0.15, -0.1) is 0 Å². The fraction of sp³-hybridized carbons (Fsp3) is 0.778. The zero-order valence-electron chi connectivity index (χ0n) is 7.59. The molecule has 3 heteroatoms. The van der Waals surface area contributed by atoms with Crippen LogP contribution in [0.1, 0.15) is 19.8 Å². The van der Waals surface area contributed by atoms with Gasteiger partial charge in [0, 0.05) is 18.1 Å². The van der Waals surface area contributed by atoms with E-state index in [-0.39, 0.29) is 0 Å². The van der Waals surface area contributed by atoms with Gasteiger partial charge >= 0.3 is 0 Å². The lowest BCUT2D eigenvalue weighted by atomic mass is 10.1. The van der Waals surface area contributed by atoms with Crippen LogP contribution in [0.25, 0.3) is 0 Å². The van der Waals surface area contributed by atoms with E-state index in [1.807, 2.05) is 0 Å². The predicted molar refractivity (Wildman–Crippen MR) is 53.3 cm³/mol. The first-order valence-electron chi connectivity index (χ1n) is 4.46. The number of halogens is 1. The summed E-state index contributed by atoms with van der Waals surface area (Å²) in [5.41, 5.74) is 8.68. The maximum Gasteiger partial charge on any atom is 0.0201 e. The summed E-state index contributed by atoms with van der Waals surface area (Å²) >= 11 is 5.59. The summed E-state index contributed by atoms with van der Waals surface area (Å²) in [6.07, 6.45) is 2.24. The number of hydrogen-bond acceptors (Lipinski definition) is 2. The number of likely N-dealkylation sites (tertiary alicyclic amines) is 1. The van der Waals surface area contributed by atoms with Crippen molar-refractivity contribution in [2.24, 2.45) is 5.73 Å². The lowest BCUT2D eigenvalue weighted by molar-refractivity contribution is 0.229. The molecule has 0 amide bonds. The first kappa shape index (κ1) is 10.0. The molecule has 2 nitrogen and oxygen atoms in total. The van der Waals surface area contributed by atoms with E-state index in [1.54, 1.807) is 5.54 Å². The van der Waals surface area contributed by atoms with Crippen LogP contribution in [0, 0.1) is 0 Å². The van der Waals surface area contributed by atoms with Crippen LogP contribution < -0.4 is 5.73 Å². The van der Waals surface area contributed by atoms with Crippen molar-refractivity contribution in [3.63, 3.8) is 0 Å². The first-order chi connectivity index (χ1) is 5.72. The van der Waals surface area contributed by atoms with E-state index < -0.39 is 0 Å². The third-order valence-electron chi connectivity index (χ3n) is 2.29. The van der Waals surface area contributed by atoms with E-state index in [0.29, 0.717) is 6.04 Å². The second-order valence-corrected chi connectivity index (χ2v) is 3.79. The number of rotatable bonds is 2. The molecule has 0 atom stereocenters. The van der Waals surface area contributed by atoms with Crippen LogP contribution in [0.15, 0.2) is 11.1 Å². The van der Waals surface area contributed by atoms with E-state index in [9.17, 15) is 0 Å². The summed E-state index contributed by atoms with van der Waals surface area (Å²) in [5.74, 6) is 0. The molecule has 0 saturated carbocycles. The van der Waals surface area contributed by atoms with Crippen LogP contribution in [0.3, 0.4) is 0 Å². The van der Waals surface area contributed by atoms with Crippen LogP contribution in [-0.2, 0) is 0 Å². The van der Waals surface area contributed by atoms with Crippen molar-refractivity contribution < 1.29 is 0 Å². The lowest BCUT2D eigenvalue weighted by Gasteiger charge is -2.30. The number of nitrogens with two attached hydrogens (primary N) is 1. The van der Waals surface area contributed by atoms with Crippen molar-refractivity contribution in [2.75, 3.05) is 19.6 Å². The number of piperidine rings is 1. The van der Waals surface area contributed by atoms with Gasteiger partial charge in [0.2, 0.25) is 0 Å². The molecule has 12 heavy (non-hydrogen) atoms. The quantitative estimate of drug-likeness (QED) is 0.713. The molecule has 70 valence electrons. The van der Waals surface area contributed by atoms with Crippen LogP contribution in [-0.4, -0.2) is 30.6 Å². The van der Waals surface area contributed by atoms with Gasteiger partial charge in [-0.3, -0.25) is 4.90 Å². The Labute approximate surface area is 79.4 Å². The van der Waals surface area contributed by atoms with E-state index in [2.05, 4.69) is 11.8 Å². The molecular weight excluding hydrogens is 172 g/mol. The van der Waals surface area contributed by atoms with Crippen molar-refractivity contribution in [3.8, 4) is 0 Å². The molecular formula is C9H17ClN2. The highest BCUT2D eigenvalue weighted by atomic mass is 35.5. The molecule has 1 fully saturated rings. The van der Waals surface area contributed by atoms with Crippen LogP contribution >= 0.6 is 11.6 Å². The molecule has 0 aromatic carbocycles. The topological polar surface area (TPSA) is 29.3 Å². The largest absolute Gasteiger partial charge is 0.328 e. The first-order valence-corrected chi connectivity index (χ1v) is 4.90. The van der Waals surface area contributed by atoms with E-state index in [4.69, 9.17) is 17.3 Å². The molecule has 1 aliphatic rings. The van der Waals surface area contributed by atoms with Gasteiger partial charge in [0.15, 0.2) is 0 Å². The molecule has 2 N–H and O–H groups in total. The summed E-state index contributed by atoms with van der Waals surface area (Å²) < 4.78 is 0. The Morgan fingerprint density at radius 1 is 1.58 bits per heavy atom. The Morgan fingerprint density at radius 3 is 2.67 bits per heavy atom. The summed E-state index contributed by atoms with van der Waals surface area (Å²) in [5, 5.41) is 0. The molecule has 0 spiro atoms. The van der Waals surface area contributed by atoms with Gasteiger partial charge < -0.3 is 5.73 Å². The maximum atomic E-state index is 5.79. The Bertz CT molecular complexity index is 160. The molecule has 0 aromatic heterocycles. The summed E-state index contributed by atoms with van der Waals surface area (Å²) in [6, 6.07) is 0.418. The minimum Gasteiger partial charge on any atom is -0.328 e. The van der Waals surface area contributed by atoms with Crippen LogP contribution in [0.5, 0.6) is 0 Å². The minimum absolute atomic E-state index is 0.418. The van der Waals surface area contributed by atoms with E-state index in [0.717, 1.165) is 32.5 Å². The third-order valence-corrected chi connectivity index (χ3v) is 2.66. The monoisotopic (exact) mass is 188 g/mol. The van der Waals surface area contributed by atoms with Crippen LogP contribution in [0.2, 0.25) is 0 Å². The summed E-state index contributed by atoms with van der Waals surface area (Å²) in [6.45, 7) is 5.28. The zero-order chi connectivity index (χ0) is 8.97. The predicted octanol–water partition coefficient (Wildman–Crippen LogP) is 1.55. The summed E-state index contributed by atoms with van der Waals surface area (Å²) in [4.78, 5) is 2.40. The van der Waals surface area contributed by atoms with E-state index in [1.165, 1.54) is 5.57 Å². The molecule has 1 rings (SSSR count). The Kier molecular flexibility index (Phi) is 4.06. The third kappa shape index (κ3) is 3.13. The standard InChI is InChI=1S/C9H17ClN2/c1-8(6-10)7-12-4-2-9(11)3-5-12/h6,9H,2-5,7,11H2,1H3. The SMILES string of the molecule is CC(=CCl)CN1CCC(N)CC1. The van der Waals surface area contributed by atoms with Gasteiger partial charge in [0.25, 0.3) is 0 Å². The fourth-order valence-electron chi connectivity index (χ4n) is 1.50. The van der Waals surface area contributed by atoms with Gasteiger partial charge in [-0.25, -0.2) is 0 Å². The van der Waals surface area contributed by atoms with Gasteiger partial charge in [0.05, 0.1) is 0 Å². The fourth-order valence-corrected chi connectivity index (χ4v) is 1.57. The van der Waals surface area contributed by atoms with Gasteiger partial charge in [-0.1, -0.05) is 11.6 Å². The van der Waals surface area contributed by atoms with Crippen molar-refractivity contribution in [3.05, 3.63) is 11.1 Å². The normalized spacial score (nSPS) is 23.1. The molecule has 1 saturated heterocycles. The Hall–Kier alpha value is -0.0500. The van der Waals surface area contributed by atoms with Crippen molar-refractivity contribution >= 4 is 11.6 Å². The van der Waals surface area contributed by atoms with Gasteiger partial charge in [-0.05, 0) is 38.4 Å². The Morgan fingerprint density at radius 2 is 2.17 bits per heavy atom. The second-order valence-electron chi connectivity index (χ2n) is 3.57.